The second-order valence-corrected chi connectivity index (χ2v) is 6.08. The van der Waals surface area contributed by atoms with Crippen LogP contribution in [0.25, 0.3) is 0 Å². The molecule has 0 aliphatic rings. The van der Waals surface area contributed by atoms with Crippen LogP contribution in [0, 0.1) is 11.3 Å². The minimum Gasteiger partial charge on any atom is -0.398 e. The number of sulfonamides is 1. The zero-order chi connectivity index (χ0) is 14.8. The number of benzene rings is 2. The minimum atomic E-state index is -3.80. The van der Waals surface area contributed by atoms with E-state index in [0.717, 1.165) is 4.31 Å². The Labute approximate surface area is 117 Å². The summed E-state index contributed by atoms with van der Waals surface area (Å²) in [5.41, 5.74) is 6.50. The smallest absolute Gasteiger partial charge is 0.266 e. The van der Waals surface area contributed by atoms with E-state index >= 15 is 0 Å². The van der Waals surface area contributed by atoms with Crippen LogP contribution in [-0.4, -0.2) is 15.5 Å². The maximum absolute atomic E-state index is 12.6. The molecule has 2 aromatic rings. The van der Waals surface area contributed by atoms with Crippen molar-refractivity contribution in [2.45, 2.75) is 4.90 Å². The van der Waals surface area contributed by atoms with Gasteiger partial charge in [0.15, 0.2) is 0 Å². The minimum absolute atomic E-state index is 0.0234. The average Bonchev–Trinajstić information content (AvgIpc) is 2.46. The second-order valence-electron chi connectivity index (χ2n) is 4.14. The van der Waals surface area contributed by atoms with Gasteiger partial charge in [-0.3, -0.25) is 4.31 Å². The van der Waals surface area contributed by atoms with Gasteiger partial charge < -0.3 is 5.73 Å². The first-order valence-electron chi connectivity index (χ1n) is 5.81. The lowest BCUT2D eigenvalue weighted by Crippen LogP contribution is -2.27. The van der Waals surface area contributed by atoms with Crippen LogP contribution in [0.1, 0.15) is 5.56 Å². The lowest BCUT2D eigenvalue weighted by atomic mass is 10.2. The highest BCUT2D eigenvalue weighted by Gasteiger charge is 2.24. The molecule has 0 fully saturated rings. The SMILES string of the molecule is CN(c1ccccc1C#N)S(=O)(=O)c1ccccc1N. The lowest BCUT2D eigenvalue weighted by molar-refractivity contribution is 0.595. The van der Waals surface area contributed by atoms with Gasteiger partial charge in [0.25, 0.3) is 10.0 Å². The fourth-order valence-electron chi connectivity index (χ4n) is 1.84. The number of para-hydroxylation sites is 2. The van der Waals surface area contributed by atoms with Crippen molar-refractivity contribution < 1.29 is 8.42 Å². The van der Waals surface area contributed by atoms with Crippen LogP contribution in [0.3, 0.4) is 0 Å². The fourth-order valence-corrected chi connectivity index (χ4v) is 3.16. The predicted octanol–water partition coefficient (Wildman–Crippen LogP) is 1.97. The normalized spacial score (nSPS) is 10.8. The summed E-state index contributed by atoms with van der Waals surface area (Å²) in [4.78, 5) is 0.0234. The first-order chi connectivity index (χ1) is 9.48. The maximum Gasteiger partial charge on any atom is 0.266 e. The molecule has 5 nitrogen and oxygen atoms in total. The molecule has 0 aromatic heterocycles. The van der Waals surface area contributed by atoms with Gasteiger partial charge in [0.05, 0.1) is 16.9 Å². The van der Waals surface area contributed by atoms with Crippen molar-refractivity contribution >= 4 is 21.4 Å². The van der Waals surface area contributed by atoms with Crippen molar-refractivity contribution in [2.75, 3.05) is 17.1 Å². The Morgan fingerprint density at radius 1 is 1.10 bits per heavy atom. The number of nitriles is 1. The molecule has 102 valence electrons. The molecular formula is C14H13N3O2S. The highest BCUT2D eigenvalue weighted by atomic mass is 32.2. The number of nitrogen functional groups attached to an aromatic ring is 1. The summed E-state index contributed by atoms with van der Waals surface area (Å²) in [5.74, 6) is 0. The molecule has 2 rings (SSSR count). The summed E-state index contributed by atoms with van der Waals surface area (Å²) < 4.78 is 26.2. The van der Waals surface area contributed by atoms with E-state index in [0.29, 0.717) is 5.69 Å². The molecule has 20 heavy (non-hydrogen) atoms. The Bertz CT molecular complexity index is 779. The summed E-state index contributed by atoms with van der Waals surface area (Å²) in [6.45, 7) is 0. The maximum atomic E-state index is 12.6. The molecule has 2 aromatic carbocycles. The quantitative estimate of drug-likeness (QED) is 0.874. The van der Waals surface area contributed by atoms with Crippen LogP contribution < -0.4 is 10.0 Å². The van der Waals surface area contributed by atoms with Gasteiger partial charge >= 0.3 is 0 Å². The molecule has 0 saturated heterocycles. The second kappa shape index (κ2) is 5.23. The number of rotatable bonds is 3. The zero-order valence-corrected chi connectivity index (χ0v) is 11.6. The van der Waals surface area contributed by atoms with Crippen LogP contribution in [0.5, 0.6) is 0 Å². The Balaban J connectivity index is 2.56. The van der Waals surface area contributed by atoms with Crippen LogP contribution in [0.4, 0.5) is 11.4 Å². The summed E-state index contributed by atoms with van der Waals surface area (Å²) in [6.07, 6.45) is 0. The van der Waals surface area contributed by atoms with Gasteiger partial charge in [-0.2, -0.15) is 5.26 Å². The molecule has 0 aliphatic carbocycles. The van der Waals surface area contributed by atoms with Crippen LogP contribution in [0.15, 0.2) is 53.4 Å². The Morgan fingerprint density at radius 2 is 1.70 bits per heavy atom. The van der Waals surface area contributed by atoms with E-state index in [4.69, 9.17) is 11.0 Å². The van der Waals surface area contributed by atoms with E-state index < -0.39 is 10.0 Å². The van der Waals surface area contributed by atoms with Gasteiger partial charge in [0.2, 0.25) is 0 Å². The molecule has 0 atom stereocenters. The van der Waals surface area contributed by atoms with E-state index in [1.54, 1.807) is 36.4 Å². The molecule has 6 heteroatoms. The number of hydrogen-bond acceptors (Lipinski definition) is 4. The molecule has 0 saturated carbocycles. The zero-order valence-electron chi connectivity index (χ0n) is 10.8. The molecular weight excluding hydrogens is 274 g/mol. The molecule has 0 amide bonds. The first kappa shape index (κ1) is 13.9. The number of nitrogens with zero attached hydrogens (tertiary/aromatic N) is 2. The third-order valence-corrected chi connectivity index (χ3v) is 4.77. The first-order valence-corrected chi connectivity index (χ1v) is 7.25. The highest BCUT2D eigenvalue weighted by Crippen LogP contribution is 2.27. The predicted molar refractivity (Wildman–Crippen MR) is 77.6 cm³/mol. The third kappa shape index (κ3) is 2.31. The summed E-state index contributed by atoms with van der Waals surface area (Å²) in [7, 11) is -2.40. The molecule has 0 bridgehead atoms. The Morgan fingerprint density at radius 3 is 2.35 bits per heavy atom. The lowest BCUT2D eigenvalue weighted by Gasteiger charge is -2.21. The molecule has 0 spiro atoms. The highest BCUT2D eigenvalue weighted by molar-refractivity contribution is 7.93. The summed E-state index contributed by atoms with van der Waals surface area (Å²) in [5, 5.41) is 9.06. The molecule has 0 unspecified atom stereocenters. The van der Waals surface area contributed by atoms with Gasteiger partial charge in [0, 0.05) is 7.05 Å². The molecule has 0 aliphatic heterocycles. The van der Waals surface area contributed by atoms with Crippen LogP contribution >= 0.6 is 0 Å². The van der Waals surface area contributed by atoms with E-state index in [1.807, 2.05) is 6.07 Å². The standard InChI is InChI=1S/C14H13N3O2S/c1-17(13-8-4-2-6-11(13)10-15)20(18,19)14-9-5-3-7-12(14)16/h2-9H,16H2,1H3. The monoisotopic (exact) mass is 287 g/mol. The van der Waals surface area contributed by atoms with E-state index in [9.17, 15) is 8.42 Å². The number of nitrogens with two attached hydrogens (primary N) is 1. The van der Waals surface area contributed by atoms with Gasteiger partial charge in [-0.15, -0.1) is 0 Å². The summed E-state index contributed by atoms with van der Waals surface area (Å²) in [6, 6.07) is 14.7. The van der Waals surface area contributed by atoms with Crippen molar-refractivity contribution in [1.29, 1.82) is 5.26 Å². The van der Waals surface area contributed by atoms with Crippen molar-refractivity contribution in [3.05, 3.63) is 54.1 Å². The number of hydrogen-bond donors (Lipinski definition) is 1. The van der Waals surface area contributed by atoms with E-state index in [2.05, 4.69) is 0 Å². The third-order valence-electron chi connectivity index (χ3n) is 2.92. The van der Waals surface area contributed by atoms with Crippen molar-refractivity contribution in [3.8, 4) is 6.07 Å². The largest absolute Gasteiger partial charge is 0.398 e. The topological polar surface area (TPSA) is 87.2 Å². The van der Waals surface area contributed by atoms with Crippen LogP contribution in [0.2, 0.25) is 0 Å². The van der Waals surface area contributed by atoms with Crippen molar-refractivity contribution in [1.82, 2.24) is 0 Å². The van der Waals surface area contributed by atoms with E-state index in [1.165, 1.54) is 19.2 Å². The Hall–Kier alpha value is -2.52. The fraction of sp³-hybridized carbons (Fsp3) is 0.0714. The van der Waals surface area contributed by atoms with E-state index in [-0.39, 0.29) is 16.1 Å². The molecule has 2 N–H and O–H groups in total. The Kier molecular flexibility index (Phi) is 3.63. The average molecular weight is 287 g/mol. The van der Waals surface area contributed by atoms with Gasteiger partial charge in [-0.05, 0) is 24.3 Å². The molecule has 0 radical (unpaired) electrons. The number of anilines is 2. The van der Waals surface area contributed by atoms with Crippen LogP contribution in [-0.2, 0) is 10.0 Å². The van der Waals surface area contributed by atoms with Gasteiger partial charge in [-0.25, -0.2) is 8.42 Å². The molecule has 0 heterocycles. The van der Waals surface area contributed by atoms with Gasteiger partial charge in [-0.1, -0.05) is 24.3 Å². The summed E-state index contributed by atoms with van der Waals surface area (Å²) >= 11 is 0. The van der Waals surface area contributed by atoms with Crippen molar-refractivity contribution in [3.63, 3.8) is 0 Å². The van der Waals surface area contributed by atoms with Gasteiger partial charge in [0.1, 0.15) is 11.0 Å². The van der Waals surface area contributed by atoms with Crippen molar-refractivity contribution in [2.24, 2.45) is 0 Å².